The SMILES string of the molecule is CC(C)(CO)NC(=O)CN1CC2C(CNC(=O)c3cccc(OC(F)(F)F)c3)C2C1. The Balaban J connectivity index is 1.41. The van der Waals surface area contributed by atoms with Gasteiger partial charge in [-0.15, -0.1) is 13.2 Å². The first-order chi connectivity index (χ1) is 14.0. The van der Waals surface area contributed by atoms with Crippen LogP contribution in [0, 0.1) is 17.8 Å². The Hall–Kier alpha value is -2.33. The molecule has 1 saturated carbocycles. The van der Waals surface area contributed by atoms with Gasteiger partial charge in [0, 0.05) is 25.2 Å². The van der Waals surface area contributed by atoms with Crippen molar-refractivity contribution in [3.05, 3.63) is 29.8 Å². The van der Waals surface area contributed by atoms with Gasteiger partial charge in [-0.2, -0.15) is 0 Å². The molecule has 30 heavy (non-hydrogen) atoms. The molecule has 1 aliphatic carbocycles. The Morgan fingerprint density at radius 1 is 1.23 bits per heavy atom. The van der Waals surface area contributed by atoms with Gasteiger partial charge in [0.25, 0.3) is 5.91 Å². The molecule has 7 nitrogen and oxygen atoms in total. The molecule has 2 atom stereocenters. The largest absolute Gasteiger partial charge is 0.573 e. The molecule has 1 aromatic carbocycles. The highest BCUT2D eigenvalue weighted by atomic mass is 19.4. The predicted octanol–water partition coefficient (Wildman–Crippen LogP) is 1.38. The number of nitrogens with zero attached hydrogens (tertiary/aromatic N) is 1. The van der Waals surface area contributed by atoms with Gasteiger partial charge in [-0.25, -0.2) is 0 Å². The lowest BCUT2D eigenvalue weighted by Crippen LogP contribution is -2.50. The third-order valence-corrected chi connectivity index (χ3v) is 5.52. The van der Waals surface area contributed by atoms with E-state index >= 15 is 0 Å². The minimum absolute atomic E-state index is 0.104. The second kappa shape index (κ2) is 8.43. The maximum Gasteiger partial charge on any atom is 0.573 e. The average molecular weight is 429 g/mol. The van der Waals surface area contributed by atoms with Gasteiger partial charge < -0.3 is 20.5 Å². The number of halogens is 3. The summed E-state index contributed by atoms with van der Waals surface area (Å²) in [6.45, 7) is 5.57. The fourth-order valence-electron chi connectivity index (χ4n) is 3.98. The molecular weight excluding hydrogens is 403 g/mol. The number of benzene rings is 1. The smallest absolute Gasteiger partial charge is 0.406 e. The second-order valence-electron chi connectivity index (χ2n) is 8.56. The van der Waals surface area contributed by atoms with Crippen LogP contribution >= 0.6 is 0 Å². The van der Waals surface area contributed by atoms with Crippen LogP contribution in [0.1, 0.15) is 24.2 Å². The molecule has 2 fully saturated rings. The molecule has 1 saturated heterocycles. The molecule has 3 rings (SSSR count). The fraction of sp³-hybridized carbons (Fsp3) is 0.600. The van der Waals surface area contributed by atoms with Crippen molar-refractivity contribution in [1.82, 2.24) is 15.5 Å². The van der Waals surface area contributed by atoms with Crippen molar-refractivity contribution in [2.24, 2.45) is 17.8 Å². The highest BCUT2D eigenvalue weighted by molar-refractivity contribution is 5.94. The van der Waals surface area contributed by atoms with E-state index in [1.54, 1.807) is 13.8 Å². The molecule has 0 radical (unpaired) electrons. The van der Waals surface area contributed by atoms with Crippen LogP contribution in [0.2, 0.25) is 0 Å². The fourth-order valence-corrected chi connectivity index (χ4v) is 3.98. The summed E-state index contributed by atoms with van der Waals surface area (Å²) in [5, 5.41) is 14.8. The lowest BCUT2D eigenvalue weighted by Gasteiger charge is -2.26. The van der Waals surface area contributed by atoms with Gasteiger partial charge in [0.15, 0.2) is 0 Å². The summed E-state index contributed by atoms with van der Waals surface area (Å²) >= 11 is 0. The van der Waals surface area contributed by atoms with E-state index in [1.807, 2.05) is 4.90 Å². The van der Waals surface area contributed by atoms with E-state index < -0.39 is 23.6 Å². The highest BCUT2D eigenvalue weighted by Gasteiger charge is 2.55. The number of aliphatic hydroxyl groups excluding tert-OH is 1. The maximum absolute atomic E-state index is 12.3. The van der Waals surface area contributed by atoms with Crippen molar-refractivity contribution in [2.45, 2.75) is 25.7 Å². The van der Waals surface area contributed by atoms with Crippen LogP contribution in [0.15, 0.2) is 24.3 Å². The number of ether oxygens (including phenoxy) is 1. The number of fused-ring (bicyclic) bond motifs is 1. The Bertz CT molecular complexity index is 788. The number of nitrogens with one attached hydrogen (secondary N) is 2. The van der Waals surface area contributed by atoms with Crippen LogP contribution in [0.3, 0.4) is 0 Å². The van der Waals surface area contributed by atoms with Crippen LogP contribution in [0.4, 0.5) is 13.2 Å². The van der Waals surface area contributed by atoms with Crippen molar-refractivity contribution < 1.29 is 32.6 Å². The summed E-state index contributed by atoms with van der Waals surface area (Å²) in [4.78, 5) is 26.4. The number of hydrogen-bond acceptors (Lipinski definition) is 5. The van der Waals surface area contributed by atoms with Gasteiger partial charge in [-0.1, -0.05) is 6.07 Å². The molecule has 3 N–H and O–H groups in total. The van der Waals surface area contributed by atoms with E-state index in [0.717, 1.165) is 25.2 Å². The minimum atomic E-state index is -4.81. The standard InChI is InChI=1S/C20H26F3N3O4/c1-19(2,11-27)25-17(28)10-26-8-15-14(16(15)9-26)7-24-18(29)12-4-3-5-13(6-12)30-20(21,22)23/h3-6,14-16,27H,7-11H2,1-2H3,(H,24,29)(H,25,28). The maximum atomic E-state index is 12.3. The van der Waals surface area contributed by atoms with Crippen molar-refractivity contribution in [1.29, 1.82) is 0 Å². The van der Waals surface area contributed by atoms with Gasteiger partial charge in [-0.3, -0.25) is 14.5 Å². The van der Waals surface area contributed by atoms with Crippen LogP contribution < -0.4 is 15.4 Å². The summed E-state index contributed by atoms with van der Waals surface area (Å²) in [7, 11) is 0. The molecule has 0 spiro atoms. The second-order valence-corrected chi connectivity index (χ2v) is 8.56. The number of likely N-dealkylation sites (tertiary alicyclic amines) is 1. The molecule has 166 valence electrons. The Morgan fingerprint density at radius 3 is 2.50 bits per heavy atom. The lowest BCUT2D eigenvalue weighted by molar-refractivity contribution is -0.274. The monoisotopic (exact) mass is 429 g/mol. The Morgan fingerprint density at radius 2 is 1.90 bits per heavy atom. The van der Waals surface area contributed by atoms with E-state index in [0.29, 0.717) is 24.3 Å². The number of piperidine rings is 1. The van der Waals surface area contributed by atoms with Crippen LogP contribution in [-0.4, -0.2) is 66.5 Å². The molecule has 1 aliphatic heterocycles. The van der Waals surface area contributed by atoms with Crippen molar-refractivity contribution in [3.63, 3.8) is 0 Å². The number of aliphatic hydroxyl groups is 1. The topological polar surface area (TPSA) is 90.9 Å². The lowest BCUT2D eigenvalue weighted by atomic mass is 10.1. The molecule has 10 heteroatoms. The molecule has 1 aromatic rings. The van der Waals surface area contributed by atoms with Gasteiger partial charge in [0.1, 0.15) is 5.75 Å². The van der Waals surface area contributed by atoms with Gasteiger partial charge in [-0.05, 0) is 49.8 Å². The number of carbonyl (C=O) groups excluding carboxylic acids is 2. The minimum Gasteiger partial charge on any atom is -0.406 e. The van der Waals surface area contributed by atoms with Gasteiger partial charge >= 0.3 is 6.36 Å². The first kappa shape index (κ1) is 22.4. The zero-order valence-electron chi connectivity index (χ0n) is 16.8. The number of hydrogen-bond donors (Lipinski definition) is 3. The molecule has 1 heterocycles. The zero-order chi connectivity index (χ0) is 22.1. The molecule has 2 aliphatic rings. The predicted molar refractivity (Wildman–Crippen MR) is 102 cm³/mol. The summed E-state index contributed by atoms with van der Waals surface area (Å²) < 4.78 is 40.8. The van der Waals surface area contributed by atoms with E-state index in [-0.39, 0.29) is 24.6 Å². The van der Waals surface area contributed by atoms with Crippen molar-refractivity contribution in [3.8, 4) is 5.75 Å². The van der Waals surface area contributed by atoms with Gasteiger partial charge in [0.2, 0.25) is 5.91 Å². The molecule has 2 unspecified atom stereocenters. The molecular formula is C20H26F3N3O4. The molecule has 0 bridgehead atoms. The quantitative estimate of drug-likeness (QED) is 0.581. The van der Waals surface area contributed by atoms with Crippen LogP contribution in [-0.2, 0) is 4.79 Å². The normalized spacial score (nSPS) is 23.6. The van der Waals surface area contributed by atoms with E-state index in [2.05, 4.69) is 15.4 Å². The Labute approximate surface area is 172 Å². The summed E-state index contributed by atoms with van der Waals surface area (Å²) in [5.74, 6) is 0.0670. The zero-order valence-corrected chi connectivity index (χ0v) is 16.8. The molecule has 2 amide bonds. The van der Waals surface area contributed by atoms with E-state index in [1.165, 1.54) is 12.1 Å². The Kier molecular flexibility index (Phi) is 6.28. The summed E-state index contributed by atoms with van der Waals surface area (Å²) in [6.07, 6.45) is -4.81. The number of amides is 2. The first-order valence-corrected chi connectivity index (χ1v) is 9.76. The number of carbonyl (C=O) groups is 2. The van der Waals surface area contributed by atoms with Crippen LogP contribution in [0.5, 0.6) is 5.75 Å². The number of rotatable bonds is 8. The highest BCUT2D eigenvalue weighted by Crippen LogP contribution is 2.51. The van der Waals surface area contributed by atoms with Crippen LogP contribution in [0.25, 0.3) is 0 Å². The van der Waals surface area contributed by atoms with E-state index in [9.17, 15) is 27.9 Å². The first-order valence-electron chi connectivity index (χ1n) is 9.76. The average Bonchev–Trinajstić information content (AvgIpc) is 3.09. The van der Waals surface area contributed by atoms with Crippen molar-refractivity contribution in [2.75, 3.05) is 32.8 Å². The van der Waals surface area contributed by atoms with Crippen molar-refractivity contribution >= 4 is 11.8 Å². The van der Waals surface area contributed by atoms with Gasteiger partial charge in [0.05, 0.1) is 18.7 Å². The number of alkyl halides is 3. The summed E-state index contributed by atoms with van der Waals surface area (Å²) in [6, 6.07) is 4.97. The third-order valence-electron chi connectivity index (χ3n) is 5.52. The third kappa shape index (κ3) is 5.85. The van der Waals surface area contributed by atoms with E-state index in [4.69, 9.17) is 0 Å². The summed E-state index contributed by atoms with van der Waals surface area (Å²) in [5.41, 5.74) is -0.554. The molecule has 0 aromatic heterocycles.